The fourth-order valence-corrected chi connectivity index (χ4v) is 4.11. The maximum atomic E-state index is 6.29. The van der Waals surface area contributed by atoms with Gasteiger partial charge in [-0.1, -0.05) is 34.5 Å². The van der Waals surface area contributed by atoms with Crippen molar-refractivity contribution >= 4 is 49.7 Å². The number of thiazole rings is 1. The van der Waals surface area contributed by atoms with Crippen molar-refractivity contribution in [1.29, 1.82) is 0 Å². The molecular formula is C17H12Cl2N2OS. The lowest BCUT2D eigenvalue weighted by Gasteiger charge is -2.02. The van der Waals surface area contributed by atoms with Crippen molar-refractivity contribution in [2.24, 2.45) is 0 Å². The van der Waals surface area contributed by atoms with Gasteiger partial charge < -0.3 is 4.74 Å². The second-order valence-electron chi connectivity index (χ2n) is 5.07. The molecule has 0 atom stereocenters. The molecule has 0 saturated heterocycles. The van der Waals surface area contributed by atoms with E-state index < -0.39 is 0 Å². The number of hydrogen-bond acceptors (Lipinski definition) is 3. The average molecular weight is 363 g/mol. The summed E-state index contributed by atoms with van der Waals surface area (Å²) in [6, 6.07) is 11.5. The maximum Gasteiger partial charge on any atom is 0.195 e. The zero-order valence-corrected chi connectivity index (χ0v) is 14.5. The van der Waals surface area contributed by atoms with Crippen LogP contribution in [0.15, 0.2) is 42.6 Å². The summed E-state index contributed by atoms with van der Waals surface area (Å²) >= 11 is 13.9. The highest BCUT2D eigenvalue weighted by molar-refractivity contribution is 7.23. The van der Waals surface area contributed by atoms with Crippen LogP contribution in [0.25, 0.3) is 26.4 Å². The summed E-state index contributed by atoms with van der Waals surface area (Å²) in [6.45, 7) is 2.64. The second kappa shape index (κ2) is 5.71. The highest BCUT2D eigenvalue weighted by Crippen LogP contribution is 2.34. The van der Waals surface area contributed by atoms with Crippen molar-refractivity contribution in [2.75, 3.05) is 6.61 Å². The van der Waals surface area contributed by atoms with Gasteiger partial charge in [0.1, 0.15) is 5.75 Å². The van der Waals surface area contributed by atoms with E-state index in [4.69, 9.17) is 32.9 Å². The number of nitrogens with zero attached hydrogens (tertiary/aromatic N) is 2. The van der Waals surface area contributed by atoms with Gasteiger partial charge in [-0.2, -0.15) is 0 Å². The Kier molecular flexibility index (Phi) is 3.68. The SMILES string of the molecule is CCOc1ccc2c(c1)sc1nc(-c3ccc(Cl)cc3Cl)cn12. The molecule has 116 valence electrons. The van der Waals surface area contributed by atoms with Crippen LogP contribution in [0.3, 0.4) is 0 Å². The van der Waals surface area contributed by atoms with E-state index in [2.05, 4.69) is 10.5 Å². The van der Waals surface area contributed by atoms with Crippen molar-refractivity contribution in [3.05, 3.63) is 52.6 Å². The van der Waals surface area contributed by atoms with Crippen molar-refractivity contribution in [3.63, 3.8) is 0 Å². The highest BCUT2D eigenvalue weighted by Gasteiger charge is 2.13. The molecule has 0 bridgehead atoms. The summed E-state index contributed by atoms with van der Waals surface area (Å²) in [5, 5.41) is 1.22. The first-order valence-electron chi connectivity index (χ1n) is 7.15. The van der Waals surface area contributed by atoms with E-state index in [1.54, 1.807) is 17.4 Å². The number of ether oxygens (including phenoxy) is 1. The average Bonchev–Trinajstić information content (AvgIpc) is 3.04. The monoisotopic (exact) mass is 362 g/mol. The number of fused-ring (bicyclic) bond motifs is 3. The Morgan fingerprint density at radius 3 is 2.83 bits per heavy atom. The first-order valence-corrected chi connectivity index (χ1v) is 8.73. The molecule has 3 nitrogen and oxygen atoms in total. The topological polar surface area (TPSA) is 26.5 Å². The first kappa shape index (κ1) is 14.8. The largest absolute Gasteiger partial charge is 0.494 e. The lowest BCUT2D eigenvalue weighted by atomic mass is 10.2. The Morgan fingerprint density at radius 2 is 2.04 bits per heavy atom. The van der Waals surface area contributed by atoms with Crippen molar-refractivity contribution in [3.8, 4) is 17.0 Å². The molecule has 2 aromatic heterocycles. The molecule has 0 radical (unpaired) electrons. The molecule has 4 rings (SSSR count). The standard InChI is InChI=1S/C17H12Cl2N2OS/c1-2-22-11-4-6-15-16(8-11)23-17-20-14(9-21(15)17)12-5-3-10(18)7-13(12)19/h3-9H,2H2,1H3. The molecule has 0 aliphatic rings. The Hall–Kier alpha value is -1.75. The molecule has 6 heteroatoms. The van der Waals surface area contributed by atoms with Crippen LogP contribution >= 0.6 is 34.5 Å². The van der Waals surface area contributed by atoms with Crippen LogP contribution in [-0.2, 0) is 0 Å². The molecule has 0 saturated carbocycles. The summed E-state index contributed by atoms with van der Waals surface area (Å²) in [5.41, 5.74) is 2.83. The Balaban J connectivity index is 1.85. The Bertz CT molecular complexity index is 1020. The molecule has 0 amide bonds. The van der Waals surface area contributed by atoms with E-state index in [0.29, 0.717) is 16.7 Å². The minimum atomic E-state index is 0.603. The second-order valence-corrected chi connectivity index (χ2v) is 6.92. The number of benzene rings is 2. The molecule has 23 heavy (non-hydrogen) atoms. The number of aromatic nitrogens is 2. The van der Waals surface area contributed by atoms with Gasteiger partial charge in [0.05, 0.1) is 27.5 Å². The molecule has 0 N–H and O–H groups in total. The van der Waals surface area contributed by atoms with Crippen LogP contribution in [0.1, 0.15) is 6.92 Å². The number of imidazole rings is 1. The van der Waals surface area contributed by atoms with Gasteiger partial charge in [0, 0.05) is 16.8 Å². The van der Waals surface area contributed by atoms with E-state index in [0.717, 1.165) is 32.2 Å². The Morgan fingerprint density at radius 1 is 1.17 bits per heavy atom. The third-order valence-electron chi connectivity index (χ3n) is 3.58. The van der Waals surface area contributed by atoms with Crippen molar-refractivity contribution in [1.82, 2.24) is 9.38 Å². The quantitative estimate of drug-likeness (QED) is 0.452. The number of halogens is 2. The van der Waals surface area contributed by atoms with Crippen LogP contribution in [0.5, 0.6) is 5.75 Å². The molecule has 0 aliphatic carbocycles. The lowest BCUT2D eigenvalue weighted by molar-refractivity contribution is 0.341. The molecule has 0 unspecified atom stereocenters. The molecule has 0 spiro atoms. The van der Waals surface area contributed by atoms with Crippen LogP contribution in [0.4, 0.5) is 0 Å². The minimum Gasteiger partial charge on any atom is -0.494 e. The highest BCUT2D eigenvalue weighted by atomic mass is 35.5. The fraction of sp³-hybridized carbons (Fsp3) is 0.118. The predicted molar refractivity (Wildman–Crippen MR) is 97.2 cm³/mol. The Labute approximate surface area is 147 Å². The van der Waals surface area contributed by atoms with Gasteiger partial charge >= 0.3 is 0 Å². The maximum absolute atomic E-state index is 6.29. The van der Waals surface area contributed by atoms with Crippen molar-refractivity contribution in [2.45, 2.75) is 6.92 Å². The van der Waals surface area contributed by atoms with Gasteiger partial charge in [-0.15, -0.1) is 0 Å². The third-order valence-corrected chi connectivity index (χ3v) is 5.15. The summed E-state index contributed by atoms with van der Waals surface area (Å²) < 4.78 is 8.78. The molecule has 2 aromatic carbocycles. The van der Waals surface area contributed by atoms with E-state index in [-0.39, 0.29) is 0 Å². The molecular weight excluding hydrogens is 351 g/mol. The predicted octanol–water partition coefficient (Wildman–Crippen LogP) is 5.92. The van der Waals surface area contributed by atoms with Gasteiger partial charge in [0.25, 0.3) is 0 Å². The van der Waals surface area contributed by atoms with E-state index in [1.807, 2.05) is 37.4 Å². The fourth-order valence-electron chi connectivity index (χ4n) is 2.56. The lowest BCUT2D eigenvalue weighted by Crippen LogP contribution is -1.90. The zero-order chi connectivity index (χ0) is 16.0. The van der Waals surface area contributed by atoms with Crippen LogP contribution < -0.4 is 4.74 Å². The normalized spacial score (nSPS) is 11.4. The molecule has 0 aliphatic heterocycles. The van der Waals surface area contributed by atoms with E-state index in [1.165, 1.54) is 0 Å². The van der Waals surface area contributed by atoms with Crippen LogP contribution in [-0.4, -0.2) is 16.0 Å². The summed E-state index contributed by atoms with van der Waals surface area (Å²) in [6.07, 6.45) is 2.00. The van der Waals surface area contributed by atoms with Gasteiger partial charge in [-0.25, -0.2) is 4.98 Å². The third kappa shape index (κ3) is 2.57. The van der Waals surface area contributed by atoms with Gasteiger partial charge in [0.15, 0.2) is 4.96 Å². The minimum absolute atomic E-state index is 0.603. The summed E-state index contributed by atoms with van der Waals surface area (Å²) in [5.74, 6) is 0.880. The number of hydrogen-bond donors (Lipinski definition) is 0. The zero-order valence-electron chi connectivity index (χ0n) is 12.2. The van der Waals surface area contributed by atoms with Crippen LogP contribution in [0.2, 0.25) is 10.0 Å². The first-order chi connectivity index (χ1) is 11.2. The molecule has 4 aromatic rings. The van der Waals surface area contributed by atoms with E-state index in [9.17, 15) is 0 Å². The molecule has 2 heterocycles. The van der Waals surface area contributed by atoms with Gasteiger partial charge in [-0.3, -0.25) is 4.40 Å². The summed E-state index contributed by atoms with van der Waals surface area (Å²) in [7, 11) is 0. The van der Waals surface area contributed by atoms with Gasteiger partial charge in [-0.05, 0) is 43.3 Å². The molecule has 0 fully saturated rings. The van der Waals surface area contributed by atoms with Crippen LogP contribution in [0, 0.1) is 0 Å². The van der Waals surface area contributed by atoms with E-state index >= 15 is 0 Å². The summed E-state index contributed by atoms with van der Waals surface area (Å²) in [4.78, 5) is 5.63. The number of rotatable bonds is 3. The van der Waals surface area contributed by atoms with Crippen molar-refractivity contribution < 1.29 is 4.74 Å². The van der Waals surface area contributed by atoms with Gasteiger partial charge in [0.2, 0.25) is 0 Å². The smallest absolute Gasteiger partial charge is 0.195 e.